The van der Waals surface area contributed by atoms with Crippen molar-refractivity contribution in [2.45, 2.75) is 96.8 Å². The predicted octanol–water partition coefficient (Wildman–Crippen LogP) is 4.63. The van der Waals surface area contributed by atoms with Crippen LogP contribution in [0.4, 0.5) is 0 Å². The molecule has 21 heavy (non-hydrogen) atoms. The molecule has 0 radical (unpaired) electrons. The molecule has 1 atom stereocenters. The van der Waals surface area contributed by atoms with E-state index in [0.717, 1.165) is 0 Å². The molecule has 0 aromatic rings. The summed E-state index contributed by atoms with van der Waals surface area (Å²) in [6.45, 7) is 5.37. The Morgan fingerprint density at radius 2 is 1.14 bits per heavy atom. The third-order valence-corrected chi connectivity index (χ3v) is 4.67. The molecule has 0 aliphatic heterocycles. The highest BCUT2D eigenvalue weighted by Gasteiger charge is 2.26. The van der Waals surface area contributed by atoms with Crippen LogP contribution in [0.3, 0.4) is 0 Å². The molecule has 1 aliphatic carbocycles. The number of rotatable bonds is 6. The minimum Gasteiger partial charge on any atom is -0.351 e. The molecule has 0 aromatic heterocycles. The number of nitrogens with two attached hydrogens (primary N) is 1. The molecule has 0 spiro atoms. The zero-order valence-electron chi connectivity index (χ0n) is 14.3. The average Bonchev–Trinajstić information content (AvgIpc) is 2.47. The van der Waals surface area contributed by atoms with E-state index in [0.29, 0.717) is 19.1 Å². The second-order valence-corrected chi connectivity index (χ2v) is 6.38. The van der Waals surface area contributed by atoms with E-state index in [-0.39, 0.29) is 12.3 Å². The van der Waals surface area contributed by atoms with Gasteiger partial charge in [0.15, 0.2) is 6.29 Å². The van der Waals surface area contributed by atoms with Gasteiger partial charge in [0.25, 0.3) is 0 Å². The van der Waals surface area contributed by atoms with Crippen molar-refractivity contribution < 1.29 is 9.47 Å². The van der Waals surface area contributed by atoms with Crippen molar-refractivity contribution >= 4 is 0 Å². The van der Waals surface area contributed by atoms with E-state index < -0.39 is 0 Å². The van der Waals surface area contributed by atoms with Gasteiger partial charge in [-0.1, -0.05) is 57.8 Å². The quantitative estimate of drug-likeness (QED) is 0.727. The monoisotopic (exact) mass is 299 g/mol. The normalized spacial score (nSPS) is 21.7. The first-order valence-corrected chi connectivity index (χ1v) is 9.28. The second-order valence-electron chi connectivity index (χ2n) is 6.38. The van der Waals surface area contributed by atoms with Crippen LogP contribution in [0.25, 0.3) is 0 Å². The van der Waals surface area contributed by atoms with Gasteiger partial charge in [-0.05, 0) is 32.6 Å². The molecule has 1 aliphatic rings. The van der Waals surface area contributed by atoms with E-state index in [2.05, 4.69) is 0 Å². The second kappa shape index (κ2) is 12.4. The van der Waals surface area contributed by atoms with Crippen LogP contribution in [-0.4, -0.2) is 25.5 Å². The standard InChI is InChI=1S/C18H37NO2/c1-3-20-18(21-4-2)17(19)16-14-12-10-8-6-5-7-9-11-13-15-16/h16-18H,3-15,19H2,1-2H3. The molecule has 0 heterocycles. The highest BCUT2D eigenvalue weighted by Crippen LogP contribution is 2.25. The predicted molar refractivity (Wildman–Crippen MR) is 89.3 cm³/mol. The Balaban J connectivity index is 2.50. The van der Waals surface area contributed by atoms with Gasteiger partial charge in [0, 0.05) is 13.2 Å². The first kappa shape index (κ1) is 18.9. The van der Waals surface area contributed by atoms with Crippen LogP contribution < -0.4 is 5.73 Å². The highest BCUT2D eigenvalue weighted by molar-refractivity contribution is 4.77. The SMILES string of the molecule is CCOC(OCC)C(N)C1CCCCCCCCCCC1. The van der Waals surface area contributed by atoms with Gasteiger partial charge in [-0.2, -0.15) is 0 Å². The average molecular weight is 299 g/mol. The van der Waals surface area contributed by atoms with Gasteiger partial charge >= 0.3 is 0 Å². The molecule has 0 aromatic carbocycles. The van der Waals surface area contributed by atoms with Crippen LogP contribution in [0.1, 0.15) is 84.5 Å². The molecule has 3 nitrogen and oxygen atoms in total. The summed E-state index contributed by atoms with van der Waals surface area (Å²) in [5.74, 6) is 0.549. The number of hydrogen-bond donors (Lipinski definition) is 1. The van der Waals surface area contributed by atoms with Crippen molar-refractivity contribution in [1.82, 2.24) is 0 Å². The molecular weight excluding hydrogens is 262 g/mol. The lowest BCUT2D eigenvalue weighted by Crippen LogP contribution is -2.44. The van der Waals surface area contributed by atoms with E-state index in [9.17, 15) is 0 Å². The zero-order valence-corrected chi connectivity index (χ0v) is 14.3. The fourth-order valence-electron chi connectivity index (χ4n) is 3.40. The molecular formula is C18H37NO2. The van der Waals surface area contributed by atoms with Gasteiger partial charge in [-0.3, -0.25) is 0 Å². The van der Waals surface area contributed by atoms with Gasteiger partial charge < -0.3 is 15.2 Å². The van der Waals surface area contributed by atoms with E-state index in [1.807, 2.05) is 13.8 Å². The van der Waals surface area contributed by atoms with Gasteiger partial charge in [-0.15, -0.1) is 0 Å². The molecule has 1 fully saturated rings. The maximum Gasteiger partial charge on any atom is 0.172 e. The summed E-state index contributed by atoms with van der Waals surface area (Å²) in [7, 11) is 0. The Kier molecular flexibility index (Phi) is 11.2. The van der Waals surface area contributed by atoms with Crippen molar-refractivity contribution in [2.75, 3.05) is 13.2 Å². The van der Waals surface area contributed by atoms with E-state index >= 15 is 0 Å². The molecule has 1 saturated carbocycles. The van der Waals surface area contributed by atoms with Gasteiger partial charge in [0.2, 0.25) is 0 Å². The minimum absolute atomic E-state index is 0.0211. The largest absolute Gasteiger partial charge is 0.351 e. The van der Waals surface area contributed by atoms with Crippen LogP contribution in [0.5, 0.6) is 0 Å². The third-order valence-electron chi connectivity index (χ3n) is 4.67. The minimum atomic E-state index is -0.224. The van der Waals surface area contributed by atoms with Gasteiger partial charge in [0.1, 0.15) is 0 Å². The number of ether oxygens (including phenoxy) is 2. The van der Waals surface area contributed by atoms with Crippen molar-refractivity contribution in [3.8, 4) is 0 Å². The molecule has 126 valence electrons. The fraction of sp³-hybridized carbons (Fsp3) is 1.00. The lowest BCUT2D eigenvalue weighted by molar-refractivity contribution is -0.157. The van der Waals surface area contributed by atoms with Crippen molar-refractivity contribution in [2.24, 2.45) is 11.7 Å². The molecule has 1 rings (SSSR count). The highest BCUT2D eigenvalue weighted by atomic mass is 16.7. The molecule has 0 amide bonds. The smallest absolute Gasteiger partial charge is 0.172 e. The van der Waals surface area contributed by atoms with Crippen molar-refractivity contribution in [3.05, 3.63) is 0 Å². The lowest BCUT2D eigenvalue weighted by atomic mass is 9.87. The Labute approximate surface area is 132 Å². The molecule has 3 heteroatoms. The van der Waals surface area contributed by atoms with Crippen molar-refractivity contribution in [1.29, 1.82) is 0 Å². The molecule has 2 N–H and O–H groups in total. The topological polar surface area (TPSA) is 44.5 Å². The Hall–Kier alpha value is -0.120. The van der Waals surface area contributed by atoms with Gasteiger partial charge in [0.05, 0.1) is 6.04 Å². The van der Waals surface area contributed by atoms with Crippen molar-refractivity contribution in [3.63, 3.8) is 0 Å². The molecule has 0 saturated heterocycles. The summed E-state index contributed by atoms with van der Waals surface area (Å²) in [5, 5.41) is 0. The van der Waals surface area contributed by atoms with Crippen LogP contribution in [0.2, 0.25) is 0 Å². The number of hydrogen-bond acceptors (Lipinski definition) is 3. The van der Waals surface area contributed by atoms with E-state index in [4.69, 9.17) is 15.2 Å². The summed E-state index contributed by atoms with van der Waals surface area (Å²) in [6, 6.07) is 0.0211. The van der Waals surface area contributed by atoms with Crippen LogP contribution >= 0.6 is 0 Å². The Bertz CT molecular complexity index is 217. The molecule has 1 unspecified atom stereocenters. The maximum atomic E-state index is 6.50. The van der Waals surface area contributed by atoms with Crippen LogP contribution in [0.15, 0.2) is 0 Å². The molecule has 0 bridgehead atoms. The Morgan fingerprint density at radius 1 is 0.762 bits per heavy atom. The van der Waals surface area contributed by atoms with Crippen LogP contribution in [0, 0.1) is 5.92 Å². The fourth-order valence-corrected chi connectivity index (χ4v) is 3.40. The summed E-state index contributed by atoms with van der Waals surface area (Å²) in [4.78, 5) is 0. The lowest BCUT2D eigenvalue weighted by Gasteiger charge is -2.31. The summed E-state index contributed by atoms with van der Waals surface area (Å²) >= 11 is 0. The summed E-state index contributed by atoms with van der Waals surface area (Å²) in [5.41, 5.74) is 6.50. The first-order valence-electron chi connectivity index (χ1n) is 9.28. The van der Waals surface area contributed by atoms with Crippen LogP contribution in [-0.2, 0) is 9.47 Å². The maximum absolute atomic E-state index is 6.50. The summed E-state index contributed by atoms with van der Waals surface area (Å²) < 4.78 is 11.4. The summed E-state index contributed by atoms with van der Waals surface area (Å²) in [6.07, 6.45) is 14.6. The first-order chi connectivity index (χ1) is 10.3. The third kappa shape index (κ3) is 8.18. The zero-order chi connectivity index (χ0) is 15.3. The van der Waals surface area contributed by atoms with Gasteiger partial charge in [-0.25, -0.2) is 0 Å². The van der Waals surface area contributed by atoms with E-state index in [1.54, 1.807) is 0 Å². The van der Waals surface area contributed by atoms with E-state index in [1.165, 1.54) is 70.6 Å². The Morgan fingerprint density at radius 3 is 1.52 bits per heavy atom.